The molecule has 2 amide bonds. The third-order valence-corrected chi connectivity index (χ3v) is 5.15. The Morgan fingerprint density at radius 3 is 2.55 bits per heavy atom. The first-order valence-corrected chi connectivity index (χ1v) is 9.94. The zero-order valence-electron chi connectivity index (χ0n) is 17.9. The second kappa shape index (κ2) is 7.19. The molecule has 1 aliphatic heterocycles. The van der Waals surface area contributed by atoms with Crippen molar-refractivity contribution in [1.29, 1.82) is 0 Å². The molecule has 0 radical (unpaired) electrons. The average Bonchev–Trinajstić information content (AvgIpc) is 3.23. The number of amides is 2. The van der Waals surface area contributed by atoms with E-state index < -0.39 is 17.6 Å². The standard InChI is InChI=1S/C24H23N3O4/c1-6-21(28)26-13-19-16(8-7-9-17(19)22(26)29)15-10-11-20-18(12-15)14(2)25-27(20)23(30)31-24(3,4)5/h6-12H,1,13H2,2-5H3. The largest absolute Gasteiger partial charge is 0.442 e. The molecule has 7 heteroatoms. The SMILES string of the molecule is C=CC(=O)N1Cc2c(cccc2-c2ccc3c(c2)c(C)nn3C(=O)OC(C)(C)C)C1=O. The van der Waals surface area contributed by atoms with Crippen molar-refractivity contribution in [1.82, 2.24) is 14.7 Å². The summed E-state index contributed by atoms with van der Waals surface area (Å²) in [6.45, 7) is 10.9. The molecule has 0 spiro atoms. The fourth-order valence-corrected chi connectivity index (χ4v) is 3.77. The first-order chi connectivity index (χ1) is 14.6. The molecular formula is C24H23N3O4. The molecular weight excluding hydrogens is 394 g/mol. The van der Waals surface area contributed by atoms with Crippen LogP contribution in [0.2, 0.25) is 0 Å². The molecule has 158 valence electrons. The summed E-state index contributed by atoms with van der Waals surface area (Å²) in [5, 5.41) is 5.17. The van der Waals surface area contributed by atoms with E-state index in [0.29, 0.717) is 16.8 Å². The maximum atomic E-state index is 12.6. The van der Waals surface area contributed by atoms with E-state index in [1.807, 2.05) is 31.2 Å². The maximum absolute atomic E-state index is 12.6. The van der Waals surface area contributed by atoms with Crippen molar-refractivity contribution >= 4 is 28.8 Å². The van der Waals surface area contributed by atoms with Gasteiger partial charge in [0, 0.05) is 10.9 Å². The van der Waals surface area contributed by atoms with Crippen LogP contribution in [0.4, 0.5) is 4.79 Å². The van der Waals surface area contributed by atoms with E-state index in [1.165, 1.54) is 9.58 Å². The van der Waals surface area contributed by atoms with Crippen LogP contribution in [0.1, 0.15) is 42.4 Å². The van der Waals surface area contributed by atoms with Gasteiger partial charge in [-0.05, 0) is 68.7 Å². The predicted octanol–water partition coefficient (Wildman–Crippen LogP) is 4.46. The van der Waals surface area contributed by atoms with E-state index in [-0.39, 0.29) is 12.5 Å². The lowest BCUT2D eigenvalue weighted by molar-refractivity contribution is -0.123. The zero-order chi connectivity index (χ0) is 22.5. The summed E-state index contributed by atoms with van der Waals surface area (Å²) >= 11 is 0. The highest BCUT2D eigenvalue weighted by molar-refractivity contribution is 6.11. The topological polar surface area (TPSA) is 81.5 Å². The number of carbonyl (C=O) groups is 3. The van der Waals surface area contributed by atoms with Crippen molar-refractivity contribution in [3.05, 3.63) is 65.9 Å². The summed E-state index contributed by atoms with van der Waals surface area (Å²) in [6.07, 6.45) is 0.604. The van der Waals surface area contributed by atoms with Crippen LogP contribution in [0.25, 0.3) is 22.0 Å². The van der Waals surface area contributed by atoms with E-state index >= 15 is 0 Å². The number of rotatable bonds is 2. The lowest BCUT2D eigenvalue weighted by Crippen LogP contribution is -2.29. The minimum Gasteiger partial charge on any atom is -0.442 e. The Balaban J connectivity index is 1.78. The van der Waals surface area contributed by atoms with Gasteiger partial charge in [0.2, 0.25) is 0 Å². The number of aromatic nitrogens is 2. The first-order valence-electron chi connectivity index (χ1n) is 9.94. The second-order valence-electron chi connectivity index (χ2n) is 8.47. The molecule has 0 aliphatic carbocycles. The van der Waals surface area contributed by atoms with Gasteiger partial charge in [0.05, 0.1) is 17.8 Å². The molecule has 0 atom stereocenters. The maximum Gasteiger partial charge on any atom is 0.435 e. The van der Waals surface area contributed by atoms with Gasteiger partial charge in [-0.2, -0.15) is 9.78 Å². The molecule has 0 bridgehead atoms. The van der Waals surface area contributed by atoms with Gasteiger partial charge in [0.15, 0.2) is 0 Å². The fraction of sp³-hybridized carbons (Fsp3) is 0.250. The molecule has 1 aromatic heterocycles. The number of ether oxygens (including phenoxy) is 1. The van der Waals surface area contributed by atoms with Crippen LogP contribution in [0.15, 0.2) is 49.1 Å². The Labute approximate surface area is 179 Å². The average molecular weight is 417 g/mol. The zero-order valence-corrected chi connectivity index (χ0v) is 17.9. The van der Waals surface area contributed by atoms with Crippen LogP contribution in [0.3, 0.4) is 0 Å². The van der Waals surface area contributed by atoms with Crippen molar-refractivity contribution in [2.45, 2.75) is 39.8 Å². The number of hydrogen-bond donors (Lipinski definition) is 0. The molecule has 2 heterocycles. The van der Waals surface area contributed by atoms with E-state index in [9.17, 15) is 14.4 Å². The molecule has 7 nitrogen and oxygen atoms in total. The highest BCUT2D eigenvalue weighted by Gasteiger charge is 2.32. The van der Waals surface area contributed by atoms with Gasteiger partial charge in [-0.15, -0.1) is 0 Å². The molecule has 31 heavy (non-hydrogen) atoms. The molecule has 0 saturated heterocycles. The van der Waals surface area contributed by atoms with Crippen molar-refractivity contribution in [2.75, 3.05) is 0 Å². The molecule has 4 rings (SSSR count). The Morgan fingerprint density at radius 2 is 1.87 bits per heavy atom. The molecule has 0 fully saturated rings. The number of carbonyl (C=O) groups excluding carboxylic acids is 3. The van der Waals surface area contributed by atoms with E-state index in [4.69, 9.17) is 4.74 Å². The summed E-state index contributed by atoms with van der Waals surface area (Å²) in [6, 6.07) is 11.1. The number of aryl methyl sites for hydroxylation is 1. The van der Waals surface area contributed by atoms with Gasteiger partial charge in [0.1, 0.15) is 5.60 Å². The van der Waals surface area contributed by atoms with Crippen LogP contribution >= 0.6 is 0 Å². The number of nitrogens with zero attached hydrogens (tertiary/aromatic N) is 3. The van der Waals surface area contributed by atoms with Gasteiger partial charge >= 0.3 is 6.09 Å². The van der Waals surface area contributed by atoms with E-state index in [1.54, 1.807) is 32.9 Å². The van der Waals surface area contributed by atoms with E-state index in [0.717, 1.165) is 28.2 Å². The minimum atomic E-state index is -0.630. The first kappa shape index (κ1) is 20.5. The molecule has 3 aromatic rings. The quantitative estimate of drug-likeness (QED) is 0.575. The lowest BCUT2D eigenvalue weighted by Gasteiger charge is -2.19. The van der Waals surface area contributed by atoms with Crippen molar-refractivity contribution in [2.24, 2.45) is 0 Å². The number of hydrogen-bond acceptors (Lipinski definition) is 5. The smallest absolute Gasteiger partial charge is 0.435 e. The van der Waals surface area contributed by atoms with Gasteiger partial charge in [-0.25, -0.2) is 4.79 Å². The van der Waals surface area contributed by atoms with Crippen molar-refractivity contribution < 1.29 is 19.1 Å². The van der Waals surface area contributed by atoms with Crippen LogP contribution in [-0.4, -0.2) is 38.2 Å². The highest BCUT2D eigenvalue weighted by Crippen LogP contribution is 2.35. The Hall–Kier alpha value is -3.74. The third-order valence-electron chi connectivity index (χ3n) is 5.15. The lowest BCUT2D eigenvalue weighted by atomic mass is 9.96. The van der Waals surface area contributed by atoms with Crippen LogP contribution in [-0.2, 0) is 16.1 Å². The number of benzene rings is 2. The van der Waals surface area contributed by atoms with Gasteiger partial charge in [0.25, 0.3) is 11.8 Å². The van der Waals surface area contributed by atoms with Gasteiger partial charge < -0.3 is 4.74 Å². The van der Waals surface area contributed by atoms with Gasteiger partial charge in [-0.1, -0.05) is 24.8 Å². The number of fused-ring (bicyclic) bond motifs is 2. The summed E-state index contributed by atoms with van der Waals surface area (Å²) in [5.74, 6) is -0.742. The molecule has 0 N–H and O–H groups in total. The summed E-state index contributed by atoms with van der Waals surface area (Å²) < 4.78 is 6.72. The molecule has 0 unspecified atom stereocenters. The van der Waals surface area contributed by atoms with E-state index in [2.05, 4.69) is 11.7 Å². The third kappa shape index (κ3) is 3.52. The summed E-state index contributed by atoms with van der Waals surface area (Å²) in [4.78, 5) is 38.4. The summed E-state index contributed by atoms with van der Waals surface area (Å²) in [7, 11) is 0. The molecule has 1 aliphatic rings. The van der Waals surface area contributed by atoms with Crippen LogP contribution in [0.5, 0.6) is 0 Å². The Bertz CT molecular complexity index is 1260. The Kier molecular flexibility index (Phi) is 4.76. The van der Waals surface area contributed by atoms with Crippen molar-refractivity contribution in [3.8, 4) is 11.1 Å². The minimum absolute atomic E-state index is 0.198. The predicted molar refractivity (Wildman–Crippen MR) is 117 cm³/mol. The highest BCUT2D eigenvalue weighted by atomic mass is 16.6. The van der Waals surface area contributed by atoms with Gasteiger partial charge in [-0.3, -0.25) is 14.5 Å². The Morgan fingerprint density at radius 1 is 1.16 bits per heavy atom. The van der Waals surface area contributed by atoms with Crippen molar-refractivity contribution in [3.63, 3.8) is 0 Å². The summed E-state index contributed by atoms with van der Waals surface area (Å²) in [5.41, 5.74) is 3.73. The van der Waals surface area contributed by atoms with Crippen LogP contribution < -0.4 is 0 Å². The molecule has 2 aromatic carbocycles. The second-order valence-corrected chi connectivity index (χ2v) is 8.47. The normalized spacial score (nSPS) is 13.4. The monoisotopic (exact) mass is 417 g/mol. The molecule has 0 saturated carbocycles. The number of imide groups is 1. The fourth-order valence-electron chi connectivity index (χ4n) is 3.77. The van der Waals surface area contributed by atoms with Crippen LogP contribution in [0, 0.1) is 6.92 Å².